The molecule has 0 fully saturated rings. The molecular weight excluding hydrogens is 170 g/mol. The highest BCUT2D eigenvalue weighted by atomic mass is 16.6. The number of anilines is 1. The smallest absolute Gasteiger partial charge is 0.169 e. The van der Waals surface area contributed by atoms with E-state index in [0.717, 1.165) is 5.52 Å². The molecule has 0 saturated heterocycles. The fourth-order valence-electron chi connectivity index (χ4n) is 1.19. The summed E-state index contributed by atoms with van der Waals surface area (Å²) >= 11 is 0. The SMILES string of the molecule is CONc1ccc2[nH]cnc2c1O. The third kappa shape index (κ3) is 1.19. The third-order valence-electron chi connectivity index (χ3n) is 1.78. The lowest BCUT2D eigenvalue weighted by molar-refractivity contribution is 0.269. The van der Waals surface area contributed by atoms with Crippen molar-refractivity contribution in [3.8, 4) is 5.75 Å². The number of benzene rings is 1. The van der Waals surface area contributed by atoms with Crippen molar-refractivity contribution in [3.05, 3.63) is 18.5 Å². The van der Waals surface area contributed by atoms with Crippen molar-refractivity contribution >= 4 is 16.7 Å². The zero-order valence-electron chi connectivity index (χ0n) is 7.03. The molecule has 2 aromatic rings. The molecule has 0 aliphatic rings. The standard InChI is InChI=1S/C8H9N3O2/c1-13-11-6-3-2-5-7(8(6)12)10-4-9-5/h2-4,11-12H,1H3,(H,9,10). The Kier molecular flexibility index (Phi) is 1.79. The van der Waals surface area contributed by atoms with Crippen LogP contribution in [0.1, 0.15) is 0 Å². The van der Waals surface area contributed by atoms with E-state index >= 15 is 0 Å². The summed E-state index contributed by atoms with van der Waals surface area (Å²) in [5, 5.41) is 9.64. The van der Waals surface area contributed by atoms with Gasteiger partial charge in [-0.05, 0) is 12.1 Å². The topological polar surface area (TPSA) is 70.2 Å². The number of hydrogen-bond donors (Lipinski definition) is 3. The van der Waals surface area contributed by atoms with E-state index in [4.69, 9.17) is 0 Å². The summed E-state index contributed by atoms with van der Waals surface area (Å²) in [6, 6.07) is 3.52. The second kappa shape index (κ2) is 2.95. The molecule has 1 aromatic carbocycles. The molecule has 0 atom stereocenters. The molecule has 1 aromatic heterocycles. The normalized spacial score (nSPS) is 10.5. The van der Waals surface area contributed by atoms with E-state index < -0.39 is 0 Å². The second-order valence-corrected chi connectivity index (χ2v) is 2.57. The number of nitrogens with zero attached hydrogens (tertiary/aromatic N) is 1. The molecule has 0 radical (unpaired) electrons. The molecule has 0 saturated carbocycles. The van der Waals surface area contributed by atoms with Crippen LogP contribution in [-0.2, 0) is 4.84 Å². The van der Waals surface area contributed by atoms with Crippen molar-refractivity contribution < 1.29 is 9.94 Å². The molecule has 0 aliphatic heterocycles. The summed E-state index contributed by atoms with van der Waals surface area (Å²) in [6.45, 7) is 0. The van der Waals surface area contributed by atoms with Crippen LogP contribution >= 0.6 is 0 Å². The summed E-state index contributed by atoms with van der Waals surface area (Å²) < 4.78 is 0. The monoisotopic (exact) mass is 179 g/mol. The van der Waals surface area contributed by atoms with Gasteiger partial charge in [0, 0.05) is 0 Å². The highest BCUT2D eigenvalue weighted by Crippen LogP contribution is 2.29. The Hall–Kier alpha value is -1.75. The lowest BCUT2D eigenvalue weighted by atomic mass is 10.2. The van der Waals surface area contributed by atoms with E-state index in [9.17, 15) is 5.11 Å². The Morgan fingerprint density at radius 2 is 2.38 bits per heavy atom. The molecule has 5 nitrogen and oxygen atoms in total. The van der Waals surface area contributed by atoms with Crippen LogP contribution in [0.4, 0.5) is 5.69 Å². The number of imidazole rings is 1. The average molecular weight is 179 g/mol. The van der Waals surface area contributed by atoms with Gasteiger partial charge in [-0.3, -0.25) is 10.3 Å². The average Bonchev–Trinajstić information content (AvgIpc) is 2.58. The van der Waals surface area contributed by atoms with Gasteiger partial charge < -0.3 is 10.1 Å². The van der Waals surface area contributed by atoms with Crippen LogP contribution in [0.2, 0.25) is 0 Å². The number of aromatic nitrogens is 2. The van der Waals surface area contributed by atoms with Crippen molar-refractivity contribution in [2.24, 2.45) is 0 Å². The number of phenolic OH excluding ortho intramolecular Hbond substituents is 1. The minimum absolute atomic E-state index is 0.0839. The summed E-state index contributed by atoms with van der Waals surface area (Å²) in [5.74, 6) is 0.0839. The van der Waals surface area contributed by atoms with Gasteiger partial charge in [-0.15, -0.1) is 0 Å². The van der Waals surface area contributed by atoms with E-state index in [-0.39, 0.29) is 5.75 Å². The number of nitrogens with one attached hydrogen (secondary N) is 2. The lowest BCUT2D eigenvalue weighted by Crippen LogP contribution is -1.95. The first-order valence-corrected chi connectivity index (χ1v) is 3.77. The van der Waals surface area contributed by atoms with E-state index in [1.54, 1.807) is 6.07 Å². The number of aromatic amines is 1. The Bertz CT molecular complexity index is 424. The minimum atomic E-state index is 0.0839. The van der Waals surface area contributed by atoms with Gasteiger partial charge in [-0.2, -0.15) is 0 Å². The number of H-pyrrole nitrogens is 1. The van der Waals surface area contributed by atoms with Gasteiger partial charge in [-0.25, -0.2) is 4.98 Å². The molecule has 0 amide bonds. The zero-order valence-corrected chi connectivity index (χ0v) is 7.03. The van der Waals surface area contributed by atoms with E-state index in [0.29, 0.717) is 11.2 Å². The number of rotatable bonds is 2. The number of hydrogen-bond acceptors (Lipinski definition) is 4. The van der Waals surface area contributed by atoms with Crippen LogP contribution in [0.5, 0.6) is 5.75 Å². The Labute approximate surface area is 74.3 Å². The van der Waals surface area contributed by atoms with Gasteiger partial charge in [0.25, 0.3) is 0 Å². The van der Waals surface area contributed by atoms with Crippen LogP contribution in [0.3, 0.4) is 0 Å². The van der Waals surface area contributed by atoms with Crippen LogP contribution in [0.25, 0.3) is 11.0 Å². The van der Waals surface area contributed by atoms with E-state index in [1.165, 1.54) is 13.4 Å². The van der Waals surface area contributed by atoms with E-state index in [2.05, 4.69) is 20.3 Å². The fourth-order valence-corrected chi connectivity index (χ4v) is 1.19. The maximum Gasteiger partial charge on any atom is 0.169 e. The molecule has 3 N–H and O–H groups in total. The van der Waals surface area contributed by atoms with Crippen molar-refractivity contribution in [2.45, 2.75) is 0 Å². The molecule has 68 valence electrons. The van der Waals surface area contributed by atoms with Crippen molar-refractivity contribution in [1.82, 2.24) is 9.97 Å². The number of fused-ring (bicyclic) bond motifs is 1. The molecule has 0 spiro atoms. The second-order valence-electron chi connectivity index (χ2n) is 2.57. The van der Waals surface area contributed by atoms with Gasteiger partial charge >= 0.3 is 0 Å². The van der Waals surface area contributed by atoms with Gasteiger partial charge in [0.1, 0.15) is 11.2 Å². The predicted molar refractivity (Wildman–Crippen MR) is 48.4 cm³/mol. The predicted octanol–water partition coefficient (Wildman–Crippen LogP) is 1.24. The molecule has 0 unspecified atom stereocenters. The Morgan fingerprint density at radius 3 is 3.15 bits per heavy atom. The maximum absolute atomic E-state index is 9.64. The van der Waals surface area contributed by atoms with Crippen LogP contribution < -0.4 is 5.48 Å². The summed E-state index contributed by atoms with van der Waals surface area (Å²) in [4.78, 5) is 11.5. The van der Waals surface area contributed by atoms with Crippen molar-refractivity contribution in [2.75, 3.05) is 12.6 Å². The van der Waals surface area contributed by atoms with Crippen LogP contribution in [0, 0.1) is 0 Å². The third-order valence-corrected chi connectivity index (χ3v) is 1.78. The highest BCUT2D eigenvalue weighted by molar-refractivity contribution is 5.87. The van der Waals surface area contributed by atoms with Crippen LogP contribution in [-0.4, -0.2) is 22.2 Å². The first-order chi connectivity index (χ1) is 6.33. The number of phenols is 1. The summed E-state index contributed by atoms with van der Waals surface area (Å²) in [5.41, 5.74) is 4.38. The van der Waals surface area contributed by atoms with Crippen molar-refractivity contribution in [1.29, 1.82) is 0 Å². The summed E-state index contributed by atoms with van der Waals surface area (Å²) in [6.07, 6.45) is 1.53. The molecule has 5 heteroatoms. The van der Waals surface area contributed by atoms with Gasteiger partial charge in [0.05, 0.1) is 19.0 Å². The van der Waals surface area contributed by atoms with Gasteiger partial charge in [0.2, 0.25) is 0 Å². The fraction of sp³-hybridized carbons (Fsp3) is 0.125. The quantitative estimate of drug-likeness (QED) is 0.479. The first kappa shape index (κ1) is 7.88. The zero-order chi connectivity index (χ0) is 9.26. The van der Waals surface area contributed by atoms with Crippen molar-refractivity contribution in [3.63, 3.8) is 0 Å². The highest BCUT2D eigenvalue weighted by Gasteiger charge is 2.07. The van der Waals surface area contributed by atoms with Gasteiger partial charge in [0.15, 0.2) is 5.75 Å². The minimum Gasteiger partial charge on any atom is -0.504 e. The molecule has 2 rings (SSSR count). The first-order valence-electron chi connectivity index (χ1n) is 3.77. The molecular formula is C8H9N3O2. The lowest BCUT2D eigenvalue weighted by Gasteiger charge is -2.04. The molecule has 0 aliphatic carbocycles. The largest absolute Gasteiger partial charge is 0.504 e. The van der Waals surface area contributed by atoms with Crippen LogP contribution in [0.15, 0.2) is 18.5 Å². The molecule has 1 heterocycles. The summed E-state index contributed by atoms with van der Waals surface area (Å²) in [7, 11) is 1.48. The Balaban J connectivity index is 2.59. The molecule has 13 heavy (non-hydrogen) atoms. The maximum atomic E-state index is 9.64. The number of aromatic hydroxyl groups is 1. The molecule has 0 bridgehead atoms. The Morgan fingerprint density at radius 1 is 1.54 bits per heavy atom. The van der Waals surface area contributed by atoms with E-state index in [1.807, 2.05) is 6.07 Å². The van der Waals surface area contributed by atoms with Gasteiger partial charge in [-0.1, -0.05) is 0 Å².